The predicted molar refractivity (Wildman–Crippen MR) is 156 cm³/mol. The zero-order chi connectivity index (χ0) is 31.5. The minimum Gasteiger partial charge on any atom is -0.503 e. The van der Waals surface area contributed by atoms with Gasteiger partial charge in [-0.15, -0.1) is 0 Å². The number of nitrogens with zero attached hydrogens (tertiary/aromatic N) is 1. The lowest BCUT2D eigenvalue weighted by atomic mass is 9.91. The third kappa shape index (κ3) is 9.42. The average molecular weight is 595 g/mol. The van der Waals surface area contributed by atoms with Gasteiger partial charge in [-0.05, 0) is 52.5 Å². The average Bonchev–Trinajstić information content (AvgIpc) is 2.99. The summed E-state index contributed by atoms with van der Waals surface area (Å²) in [6.45, 7) is 6.75. The molecule has 0 saturated carbocycles. The molecular formula is C32H38N2O9. The van der Waals surface area contributed by atoms with Crippen molar-refractivity contribution < 1.29 is 43.2 Å². The summed E-state index contributed by atoms with van der Waals surface area (Å²) in [6, 6.07) is 9.02. The Morgan fingerprint density at radius 3 is 2.51 bits per heavy atom. The van der Waals surface area contributed by atoms with Gasteiger partial charge in [0.2, 0.25) is 0 Å². The van der Waals surface area contributed by atoms with Gasteiger partial charge in [-0.1, -0.05) is 47.6 Å². The van der Waals surface area contributed by atoms with E-state index in [0.29, 0.717) is 6.42 Å². The lowest BCUT2D eigenvalue weighted by Crippen LogP contribution is -2.46. The SMILES string of the molecule is COc1ccnc(C(=O)NC2COC(=O)[C@H](Cc3ccccc3)C(OC(=O)C=C(C)CCC=C(C)C)[C@H](C)OC2=O)c1O. The van der Waals surface area contributed by atoms with E-state index in [9.17, 15) is 24.3 Å². The number of aromatic hydroxyl groups is 1. The number of cyclic esters (lactones) is 2. The molecule has 0 spiro atoms. The first-order chi connectivity index (χ1) is 20.5. The summed E-state index contributed by atoms with van der Waals surface area (Å²) in [6.07, 6.45) is 3.95. The Bertz CT molecular complexity index is 1370. The molecule has 1 amide bonds. The second-order valence-electron chi connectivity index (χ2n) is 10.5. The minimum absolute atomic E-state index is 0.00637. The van der Waals surface area contributed by atoms with Gasteiger partial charge in [0.25, 0.3) is 5.91 Å². The molecule has 1 aromatic carbocycles. The van der Waals surface area contributed by atoms with Gasteiger partial charge in [-0.2, -0.15) is 0 Å². The van der Waals surface area contributed by atoms with Crippen molar-refractivity contribution in [1.82, 2.24) is 10.3 Å². The van der Waals surface area contributed by atoms with Crippen LogP contribution in [0.1, 0.15) is 56.6 Å². The first kappa shape index (κ1) is 32.8. The molecule has 11 nitrogen and oxygen atoms in total. The number of carbonyl (C=O) groups excluding carboxylic acids is 4. The first-order valence-electron chi connectivity index (χ1n) is 13.9. The van der Waals surface area contributed by atoms with Crippen LogP contribution in [-0.2, 0) is 35.0 Å². The fourth-order valence-electron chi connectivity index (χ4n) is 4.50. The molecule has 1 fully saturated rings. The van der Waals surface area contributed by atoms with Crippen LogP contribution in [0.25, 0.3) is 0 Å². The summed E-state index contributed by atoms with van der Waals surface area (Å²) in [5.74, 6) is -4.80. The van der Waals surface area contributed by atoms with Crippen molar-refractivity contribution in [2.24, 2.45) is 5.92 Å². The summed E-state index contributed by atoms with van der Waals surface area (Å²) >= 11 is 0. The van der Waals surface area contributed by atoms with Crippen LogP contribution in [-0.4, -0.2) is 65.9 Å². The molecule has 2 heterocycles. The van der Waals surface area contributed by atoms with Crippen LogP contribution in [0.15, 0.2) is 65.9 Å². The number of nitrogens with one attached hydrogen (secondary N) is 1. The van der Waals surface area contributed by atoms with E-state index < -0.39 is 66.0 Å². The summed E-state index contributed by atoms with van der Waals surface area (Å²) < 4.78 is 21.9. The molecule has 1 aromatic heterocycles. The second kappa shape index (κ2) is 15.5. The third-order valence-electron chi connectivity index (χ3n) is 6.77. The highest BCUT2D eigenvalue weighted by Gasteiger charge is 2.42. The maximum atomic E-state index is 13.5. The molecule has 1 saturated heterocycles. The standard InChI is InChI=1S/C32H38N2O9/c1-19(2)10-9-11-20(3)16-26(35)43-29-21(4)42-32(39)24(34-30(37)27-28(36)25(40-5)14-15-33-27)18-41-31(38)23(29)17-22-12-7-6-8-13-22/h6-8,10,12-16,21,23-24,29,36H,9,11,17-18H2,1-5H3,(H,34,37)/t21-,23+,24?,29?/m0/s1. The lowest BCUT2D eigenvalue weighted by Gasteiger charge is -2.29. The van der Waals surface area contributed by atoms with Crippen LogP contribution in [0.3, 0.4) is 0 Å². The van der Waals surface area contributed by atoms with Crippen molar-refractivity contribution in [2.75, 3.05) is 13.7 Å². The van der Waals surface area contributed by atoms with Crippen molar-refractivity contribution in [1.29, 1.82) is 0 Å². The Morgan fingerprint density at radius 2 is 1.84 bits per heavy atom. The van der Waals surface area contributed by atoms with Gasteiger partial charge < -0.3 is 29.4 Å². The maximum Gasteiger partial charge on any atom is 0.332 e. The molecule has 0 aliphatic carbocycles. The van der Waals surface area contributed by atoms with Crippen LogP contribution >= 0.6 is 0 Å². The number of methoxy groups -OCH3 is 1. The van der Waals surface area contributed by atoms with Gasteiger partial charge in [0, 0.05) is 18.3 Å². The van der Waals surface area contributed by atoms with Crippen LogP contribution in [0.2, 0.25) is 0 Å². The molecule has 2 aromatic rings. The number of hydrogen-bond acceptors (Lipinski definition) is 10. The van der Waals surface area contributed by atoms with E-state index in [0.717, 1.165) is 17.6 Å². The number of ether oxygens (including phenoxy) is 4. The minimum atomic E-state index is -1.43. The molecule has 43 heavy (non-hydrogen) atoms. The second-order valence-corrected chi connectivity index (χ2v) is 10.5. The topological polar surface area (TPSA) is 150 Å². The molecule has 0 radical (unpaired) electrons. The zero-order valence-corrected chi connectivity index (χ0v) is 25.0. The summed E-state index contributed by atoms with van der Waals surface area (Å²) in [5.41, 5.74) is 2.34. The summed E-state index contributed by atoms with van der Waals surface area (Å²) in [5, 5.41) is 12.7. The first-order valence-corrected chi connectivity index (χ1v) is 13.9. The van der Waals surface area contributed by atoms with E-state index >= 15 is 0 Å². The summed E-state index contributed by atoms with van der Waals surface area (Å²) in [7, 11) is 1.31. The predicted octanol–water partition coefficient (Wildman–Crippen LogP) is 3.85. The van der Waals surface area contributed by atoms with E-state index in [-0.39, 0.29) is 12.2 Å². The Morgan fingerprint density at radius 1 is 1.12 bits per heavy atom. The van der Waals surface area contributed by atoms with E-state index in [1.165, 1.54) is 37.9 Å². The molecule has 11 heteroatoms. The Balaban J connectivity index is 1.86. The summed E-state index contributed by atoms with van der Waals surface area (Å²) in [4.78, 5) is 56.4. The number of aromatic nitrogens is 1. The van der Waals surface area contributed by atoms with E-state index in [2.05, 4.69) is 16.4 Å². The van der Waals surface area contributed by atoms with Gasteiger partial charge in [0.15, 0.2) is 29.3 Å². The number of carbonyl (C=O) groups is 4. The fourth-order valence-corrected chi connectivity index (χ4v) is 4.50. The van der Waals surface area contributed by atoms with Crippen LogP contribution in [0.4, 0.5) is 0 Å². The van der Waals surface area contributed by atoms with Gasteiger partial charge >= 0.3 is 17.9 Å². The highest BCUT2D eigenvalue weighted by atomic mass is 16.6. The lowest BCUT2D eigenvalue weighted by molar-refractivity contribution is -0.171. The van der Waals surface area contributed by atoms with Crippen LogP contribution in [0.5, 0.6) is 11.5 Å². The molecule has 230 valence electrons. The van der Waals surface area contributed by atoms with Crippen molar-refractivity contribution in [3.05, 3.63) is 77.2 Å². The molecule has 1 aliphatic rings. The van der Waals surface area contributed by atoms with Crippen molar-refractivity contribution in [3.63, 3.8) is 0 Å². The molecular weight excluding hydrogens is 556 g/mol. The number of allylic oxidation sites excluding steroid dienone is 3. The van der Waals surface area contributed by atoms with Gasteiger partial charge in [0.1, 0.15) is 18.6 Å². The van der Waals surface area contributed by atoms with Crippen LogP contribution in [0, 0.1) is 5.92 Å². The Hall–Kier alpha value is -4.67. The van der Waals surface area contributed by atoms with Crippen LogP contribution < -0.4 is 10.1 Å². The molecule has 1 aliphatic heterocycles. The molecule has 2 N–H and O–H groups in total. The highest BCUT2D eigenvalue weighted by Crippen LogP contribution is 2.28. The van der Waals surface area contributed by atoms with E-state index in [1.807, 2.05) is 51.1 Å². The quantitative estimate of drug-likeness (QED) is 0.180. The van der Waals surface area contributed by atoms with Crippen molar-refractivity contribution in [2.45, 2.75) is 65.2 Å². The molecule has 2 unspecified atom stereocenters. The number of amides is 1. The van der Waals surface area contributed by atoms with Gasteiger partial charge in [0.05, 0.1) is 7.11 Å². The number of benzene rings is 1. The Labute approximate surface area is 250 Å². The molecule has 0 bridgehead atoms. The number of rotatable bonds is 10. The highest BCUT2D eigenvalue weighted by molar-refractivity contribution is 5.98. The third-order valence-corrected chi connectivity index (χ3v) is 6.77. The fraction of sp³-hybridized carbons (Fsp3) is 0.406. The maximum absolute atomic E-state index is 13.5. The van der Waals surface area contributed by atoms with Gasteiger partial charge in [-0.25, -0.2) is 14.6 Å². The Kier molecular flexibility index (Phi) is 11.9. The van der Waals surface area contributed by atoms with E-state index in [4.69, 9.17) is 18.9 Å². The van der Waals surface area contributed by atoms with E-state index in [1.54, 1.807) is 0 Å². The number of pyridine rings is 1. The zero-order valence-electron chi connectivity index (χ0n) is 25.0. The van der Waals surface area contributed by atoms with Crippen molar-refractivity contribution in [3.8, 4) is 11.5 Å². The van der Waals surface area contributed by atoms with Crippen molar-refractivity contribution >= 4 is 23.8 Å². The van der Waals surface area contributed by atoms with Gasteiger partial charge in [-0.3, -0.25) is 9.59 Å². The number of hydrogen-bond donors (Lipinski definition) is 2. The molecule has 4 atom stereocenters. The molecule has 3 rings (SSSR count). The normalized spacial score (nSPS) is 20.8. The monoisotopic (exact) mass is 594 g/mol. The number of esters is 3. The largest absolute Gasteiger partial charge is 0.503 e. The smallest absolute Gasteiger partial charge is 0.332 e.